The Balaban J connectivity index is 0.00000180. The SMILES string of the molecule is Cl.O=C(N[C@@H]1CN2CCC1CC2)c1cccc2oc(C3CCOCC3)nc12. The Kier molecular flexibility index (Phi) is 5.39. The smallest absolute Gasteiger partial charge is 0.253 e. The standard InChI is InChI=1S/C20H25N3O3.ClH/c24-19(21-16-12-23-8-4-13(16)5-9-23)15-2-1-3-17-18(15)22-20(26-17)14-6-10-25-11-7-14;/h1-3,13-14,16H,4-12H2,(H,21,24);1H/t16-;/m1./s1. The highest BCUT2D eigenvalue weighted by molar-refractivity contribution is 6.04. The number of amides is 1. The number of ether oxygens (including phenoxy) is 1. The summed E-state index contributed by atoms with van der Waals surface area (Å²) in [4.78, 5) is 20.1. The fourth-order valence-electron chi connectivity index (χ4n) is 4.64. The summed E-state index contributed by atoms with van der Waals surface area (Å²) in [6.45, 7) is 4.81. The molecule has 5 heterocycles. The van der Waals surface area contributed by atoms with Gasteiger partial charge in [-0.1, -0.05) is 6.07 Å². The van der Waals surface area contributed by atoms with Gasteiger partial charge in [-0.2, -0.15) is 0 Å². The van der Waals surface area contributed by atoms with E-state index < -0.39 is 0 Å². The maximum Gasteiger partial charge on any atom is 0.253 e. The maximum atomic E-state index is 13.0. The van der Waals surface area contributed by atoms with Crippen molar-refractivity contribution in [1.29, 1.82) is 0 Å². The number of oxazole rings is 1. The molecule has 2 bridgehead atoms. The molecule has 0 unspecified atom stereocenters. The second-order valence-electron chi connectivity index (χ2n) is 7.81. The summed E-state index contributed by atoms with van der Waals surface area (Å²) in [6, 6.07) is 5.89. The van der Waals surface area contributed by atoms with Gasteiger partial charge in [-0.3, -0.25) is 4.79 Å². The first-order chi connectivity index (χ1) is 12.8. The third-order valence-corrected chi connectivity index (χ3v) is 6.22. The van der Waals surface area contributed by atoms with Crippen molar-refractivity contribution in [2.75, 3.05) is 32.8 Å². The molecular weight excluding hydrogens is 366 g/mol. The number of carbonyl (C=O) groups is 1. The Hall–Kier alpha value is -1.63. The predicted octanol–water partition coefficient (Wildman–Crippen LogP) is 2.97. The van der Waals surface area contributed by atoms with Crippen LogP contribution in [0.15, 0.2) is 22.6 Å². The van der Waals surface area contributed by atoms with Gasteiger partial charge in [0.1, 0.15) is 5.52 Å². The fourth-order valence-corrected chi connectivity index (χ4v) is 4.64. The summed E-state index contributed by atoms with van der Waals surface area (Å²) < 4.78 is 11.4. The van der Waals surface area contributed by atoms with Crippen LogP contribution in [0.1, 0.15) is 47.8 Å². The molecule has 0 radical (unpaired) electrons. The van der Waals surface area contributed by atoms with Gasteiger partial charge in [0, 0.05) is 31.7 Å². The Bertz CT molecular complexity index is 810. The Morgan fingerprint density at radius 3 is 2.63 bits per heavy atom. The molecular formula is C20H26ClN3O3. The second kappa shape index (κ2) is 7.78. The summed E-state index contributed by atoms with van der Waals surface area (Å²) in [5.74, 6) is 1.61. The Labute approximate surface area is 165 Å². The number of rotatable bonds is 3. The number of fused-ring (bicyclic) bond motifs is 4. The van der Waals surface area contributed by atoms with Crippen LogP contribution in [-0.2, 0) is 4.74 Å². The van der Waals surface area contributed by atoms with Gasteiger partial charge in [0.25, 0.3) is 5.91 Å². The van der Waals surface area contributed by atoms with Crippen LogP contribution in [0.2, 0.25) is 0 Å². The van der Waals surface area contributed by atoms with Gasteiger partial charge in [0.15, 0.2) is 11.5 Å². The molecule has 6 nitrogen and oxygen atoms in total. The first kappa shape index (κ1) is 18.7. The van der Waals surface area contributed by atoms with E-state index in [4.69, 9.17) is 14.1 Å². The number of carbonyl (C=O) groups excluding carboxylic acids is 1. The maximum absolute atomic E-state index is 13.0. The zero-order valence-corrected chi connectivity index (χ0v) is 16.2. The minimum Gasteiger partial charge on any atom is -0.440 e. The van der Waals surface area contributed by atoms with Gasteiger partial charge in [-0.25, -0.2) is 4.98 Å². The number of halogens is 1. The number of nitrogens with zero attached hydrogens (tertiary/aromatic N) is 2. The zero-order chi connectivity index (χ0) is 17.5. The molecule has 1 N–H and O–H groups in total. The fraction of sp³-hybridized carbons (Fsp3) is 0.600. The van der Waals surface area contributed by atoms with Crippen LogP contribution in [0.4, 0.5) is 0 Å². The minimum absolute atomic E-state index is 0. The van der Waals surface area contributed by atoms with Crippen molar-refractivity contribution in [2.45, 2.75) is 37.6 Å². The second-order valence-corrected chi connectivity index (χ2v) is 7.81. The molecule has 2 aromatic rings. The molecule has 1 aromatic carbocycles. The summed E-state index contributed by atoms with van der Waals surface area (Å²) in [6.07, 6.45) is 4.22. The van der Waals surface area contributed by atoms with Crippen LogP contribution in [0, 0.1) is 5.92 Å². The lowest BCUT2D eigenvalue weighted by molar-refractivity contribution is 0.0621. The number of para-hydroxylation sites is 1. The molecule has 4 aliphatic rings. The van der Waals surface area contributed by atoms with Crippen molar-refractivity contribution < 1.29 is 13.9 Å². The van der Waals surface area contributed by atoms with Crippen LogP contribution in [0.5, 0.6) is 0 Å². The third kappa shape index (κ3) is 3.58. The van der Waals surface area contributed by atoms with Gasteiger partial charge in [0.2, 0.25) is 0 Å². The third-order valence-electron chi connectivity index (χ3n) is 6.22. The molecule has 4 aliphatic heterocycles. The van der Waals surface area contributed by atoms with Gasteiger partial charge in [-0.15, -0.1) is 12.4 Å². The predicted molar refractivity (Wildman–Crippen MR) is 104 cm³/mol. The molecule has 4 fully saturated rings. The number of nitrogens with one attached hydrogen (secondary N) is 1. The van der Waals surface area contributed by atoms with Crippen LogP contribution in [0.25, 0.3) is 11.1 Å². The zero-order valence-electron chi connectivity index (χ0n) is 15.4. The Morgan fingerprint density at radius 1 is 1.15 bits per heavy atom. The van der Waals surface area contributed by atoms with Crippen molar-refractivity contribution in [3.8, 4) is 0 Å². The van der Waals surface area contributed by atoms with Gasteiger partial charge >= 0.3 is 0 Å². The first-order valence-corrected chi connectivity index (χ1v) is 9.78. The summed E-state index contributed by atoms with van der Waals surface area (Å²) in [5, 5.41) is 3.27. The van der Waals surface area contributed by atoms with E-state index in [0.29, 0.717) is 22.6 Å². The number of aromatic nitrogens is 1. The van der Waals surface area contributed by atoms with Crippen molar-refractivity contribution in [3.05, 3.63) is 29.7 Å². The van der Waals surface area contributed by atoms with Gasteiger partial charge < -0.3 is 19.4 Å². The summed E-state index contributed by atoms with van der Waals surface area (Å²) >= 11 is 0. The highest BCUT2D eigenvalue weighted by Crippen LogP contribution is 2.31. The minimum atomic E-state index is -0.0267. The molecule has 0 spiro atoms. The lowest BCUT2D eigenvalue weighted by Gasteiger charge is -2.44. The van der Waals surface area contributed by atoms with Crippen LogP contribution in [0.3, 0.4) is 0 Å². The number of benzene rings is 1. The molecule has 146 valence electrons. The van der Waals surface area contributed by atoms with Gasteiger partial charge in [0.05, 0.1) is 5.56 Å². The van der Waals surface area contributed by atoms with Crippen LogP contribution < -0.4 is 5.32 Å². The average molecular weight is 392 g/mol. The van der Waals surface area contributed by atoms with Crippen molar-refractivity contribution in [2.24, 2.45) is 5.92 Å². The Morgan fingerprint density at radius 2 is 1.93 bits per heavy atom. The van der Waals surface area contributed by atoms with E-state index in [1.165, 1.54) is 25.9 Å². The van der Waals surface area contributed by atoms with Crippen LogP contribution >= 0.6 is 12.4 Å². The first-order valence-electron chi connectivity index (χ1n) is 9.78. The number of hydrogen-bond acceptors (Lipinski definition) is 5. The highest BCUT2D eigenvalue weighted by Gasteiger charge is 2.35. The number of hydrogen-bond donors (Lipinski definition) is 1. The lowest BCUT2D eigenvalue weighted by atomic mass is 9.84. The largest absolute Gasteiger partial charge is 0.440 e. The van der Waals surface area contributed by atoms with Crippen molar-refractivity contribution in [1.82, 2.24) is 15.2 Å². The number of piperidine rings is 3. The van der Waals surface area contributed by atoms with E-state index >= 15 is 0 Å². The van der Waals surface area contributed by atoms with Crippen molar-refractivity contribution in [3.63, 3.8) is 0 Å². The lowest BCUT2D eigenvalue weighted by Crippen LogP contribution is -2.57. The molecule has 4 saturated heterocycles. The van der Waals surface area contributed by atoms with E-state index in [9.17, 15) is 4.79 Å². The van der Waals surface area contributed by atoms with Crippen molar-refractivity contribution >= 4 is 29.4 Å². The van der Waals surface area contributed by atoms with E-state index in [2.05, 4.69) is 10.2 Å². The van der Waals surface area contributed by atoms with E-state index in [0.717, 1.165) is 38.5 Å². The molecule has 0 saturated carbocycles. The molecule has 27 heavy (non-hydrogen) atoms. The molecule has 1 atom stereocenters. The average Bonchev–Trinajstić information content (AvgIpc) is 3.14. The molecule has 1 amide bonds. The molecule has 6 rings (SSSR count). The summed E-state index contributed by atoms with van der Waals surface area (Å²) in [5.41, 5.74) is 2.02. The molecule has 7 heteroatoms. The van der Waals surface area contributed by atoms with Gasteiger partial charge in [-0.05, 0) is 56.8 Å². The van der Waals surface area contributed by atoms with E-state index in [-0.39, 0.29) is 30.3 Å². The normalized spacial score (nSPS) is 28.1. The van der Waals surface area contributed by atoms with Crippen LogP contribution in [-0.4, -0.2) is 54.7 Å². The van der Waals surface area contributed by atoms with E-state index in [1.54, 1.807) is 0 Å². The highest BCUT2D eigenvalue weighted by atomic mass is 35.5. The molecule has 0 aliphatic carbocycles. The van der Waals surface area contributed by atoms with E-state index in [1.807, 2.05) is 18.2 Å². The summed E-state index contributed by atoms with van der Waals surface area (Å²) in [7, 11) is 0. The quantitative estimate of drug-likeness (QED) is 0.871. The topological polar surface area (TPSA) is 67.6 Å². The monoisotopic (exact) mass is 391 g/mol. The molecule has 1 aromatic heterocycles.